The van der Waals surface area contributed by atoms with Gasteiger partial charge in [-0.3, -0.25) is 0 Å². The number of rotatable bonds is 61. The Labute approximate surface area is 480 Å². The van der Waals surface area contributed by atoms with Crippen molar-refractivity contribution in [2.24, 2.45) is 35.5 Å². The lowest BCUT2D eigenvalue weighted by Gasteiger charge is -2.42. The van der Waals surface area contributed by atoms with Crippen LogP contribution in [0.5, 0.6) is 0 Å². The van der Waals surface area contributed by atoms with E-state index in [1.807, 2.05) is 0 Å². The Morgan fingerprint density at radius 2 is 0.368 bits per heavy atom. The molecule has 0 amide bonds. The number of hydrogen-bond donors (Lipinski definition) is 4. The summed E-state index contributed by atoms with van der Waals surface area (Å²) in [5.74, 6) is 5.90. The van der Waals surface area contributed by atoms with E-state index >= 15 is 0 Å². The Morgan fingerprint density at radius 1 is 0.211 bits per heavy atom. The van der Waals surface area contributed by atoms with Gasteiger partial charge in [0.1, 0.15) is 0 Å². The molecular weight excluding hydrogens is 929 g/mol. The molecule has 0 spiro atoms. The van der Waals surface area contributed by atoms with Crippen molar-refractivity contribution in [2.75, 3.05) is 26.4 Å². The van der Waals surface area contributed by atoms with Crippen molar-refractivity contribution in [3.63, 3.8) is 0 Å². The smallest absolute Gasteiger partial charge is 0.0431 e. The van der Waals surface area contributed by atoms with E-state index in [-0.39, 0.29) is 0 Å². The van der Waals surface area contributed by atoms with Gasteiger partial charge in [-0.1, -0.05) is 362 Å². The second-order valence-electron chi connectivity index (χ2n) is 25.8. The summed E-state index contributed by atoms with van der Waals surface area (Å²) in [6, 6.07) is 0. The highest BCUT2D eigenvalue weighted by Crippen LogP contribution is 2.47. The molecule has 4 heteroatoms. The molecule has 1 rings (SSSR count). The lowest BCUT2D eigenvalue weighted by molar-refractivity contribution is 0.0814. The molecule has 0 saturated heterocycles. The third-order valence-electron chi connectivity index (χ3n) is 18.9. The van der Waals surface area contributed by atoms with Crippen LogP contribution in [0.4, 0.5) is 0 Å². The first-order valence-electron chi connectivity index (χ1n) is 36.0. The molecule has 76 heavy (non-hydrogen) atoms. The number of hydrogen-bond acceptors (Lipinski definition) is 4. The molecule has 0 bridgehead atoms. The first-order chi connectivity index (χ1) is 37.6. The molecule has 1 saturated carbocycles. The second kappa shape index (κ2) is 64.0. The van der Waals surface area contributed by atoms with Crippen LogP contribution in [0.3, 0.4) is 0 Å². The maximum Gasteiger partial charge on any atom is 0.0431 e. The molecule has 1 aliphatic rings. The van der Waals surface area contributed by atoms with E-state index in [4.69, 9.17) is 20.4 Å². The van der Waals surface area contributed by atoms with E-state index in [1.165, 1.54) is 334 Å². The predicted octanol–water partition coefficient (Wildman–Crippen LogP) is 23.4. The maximum atomic E-state index is 9.04. The Morgan fingerprint density at radius 3 is 0.553 bits per heavy atom. The minimum atomic E-state index is 0.363. The van der Waals surface area contributed by atoms with Crippen LogP contribution in [0.1, 0.15) is 400 Å². The summed E-state index contributed by atoms with van der Waals surface area (Å²) in [4.78, 5) is 0. The van der Waals surface area contributed by atoms with E-state index < -0.39 is 0 Å². The molecule has 0 heterocycles. The van der Waals surface area contributed by atoms with Gasteiger partial charge < -0.3 is 20.4 Å². The molecule has 458 valence electrons. The fourth-order valence-corrected chi connectivity index (χ4v) is 13.8. The van der Waals surface area contributed by atoms with Crippen molar-refractivity contribution in [3.8, 4) is 0 Å². The molecule has 4 nitrogen and oxygen atoms in total. The maximum absolute atomic E-state index is 9.04. The number of unbranched alkanes of at least 4 members (excludes halogenated alkanes) is 40. The van der Waals surface area contributed by atoms with Crippen molar-refractivity contribution >= 4 is 0 Å². The van der Waals surface area contributed by atoms with E-state index in [2.05, 4.69) is 27.7 Å². The molecule has 1 aliphatic carbocycles. The average molecular weight is 1080 g/mol. The zero-order valence-electron chi connectivity index (χ0n) is 53.1. The minimum Gasteiger partial charge on any atom is -0.396 e. The molecule has 6 unspecified atom stereocenters. The lowest BCUT2D eigenvalue weighted by Crippen LogP contribution is -2.32. The average Bonchev–Trinajstić information content (AvgIpc) is 3.43. The number of aliphatic hydroxyl groups excluding tert-OH is 4. The molecule has 0 aromatic heterocycles. The largest absolute Gasteiger partial charge is 0.396 e. The lowest BCUT2D eigenvalue weighted by atomic mass is 9.63. The van der Waals surface area contributed by atoms with Crippen LogP contribution in [0.15, 0.2) is 0 Å². The molecule has 1 fully saturated rings. The molecule has 0 aliphatic heterocycles. The fraction of sp³-hybridized carbons (Fsp3) is 1.00. The molecule has 6 atom stereocenters. The zero-order valence-corrected chi connectivity index (χ0v) is 53.1. The molecule has 0 aromatic rings. The van der Waals surface area contributed by atoms with E-state index in [0.717, 1.165) is 61.2 Å². The quantitative estimate of drug-likeness (QED) is 0.0458. The summed E-state index contributed by atoms with van der Waals surface area (Å²) >= 11 is 0. The van der Waals surface area contributed by atoms with Gasteiger partial charge >= 0.3 is 0 Å². The predicted molar refractivity (Wildman–Crippen MR) is 340 cm³/mol. The second-order valence-corrected chi connectivity index (χ2v) is 25.8. The fourth-order valence-electron chi connectivity index (χ4n) is 13.8. The van der Waals surface area contributed by atoms with Gasteiger partial charge in [-0.2, -0.15) is 0 Å². The summed E-state index contributed by atoms with van der Waals surface area (Å²) < 4.78 is 0. The molecule has 4 N–H and O–H groups in total. The first kappa shape index (κ1) is 75.8. The van der Waals surface area contributed by atoms with Crippen molar-refractivity contribution in [1.29, 1.82) is 0 Å². The van der Waals surface area contributed by atoms with Gasteiger partial charge in [0.25, 0.3) is 0 Å². The van der Waals surface area contributed by atoms with Crippen molar-refractivity contribution in [3.05, 3.63) is 0 Å². The van der Waals surface area contributed by atoms with Crippen LogP contribution in [0.25, 0.3) is 0 Å². The van der Waals surface area contributed by atoms with Crippen LogP contribution in [-0.4, -0.2) is 46.9 Å². The van der Waals surface area contributed by atoms with Gasteiger partial charge in [-0.25, -0.2) is 0 Å². The van der Waals surface area contributed by atoms with Gasteiger partial charge in [0.05, 0.1) is 0 Å². The zero-order chi connectivity index (χ0) is 55.3. The normalized spacial score (nSPS) is 17.5. The summed E-state index contributed by atoms with van der Waals surface area (Å²) in [6.45, 7) is 10.8. The standard InChI is InChI=1S/C36H72O2.C36H74O2/c1-3-5-7-13-19-25-33-31-35(27-21-15-9-11-17-23-29-37)36(28-22-16-10-12-18-24-30-38)32-34(33)26-20-14-8-6-4-2;1-3-5-7-9-11-17-23-29-35(31-25-19-13-15-21-27-33-37)36(30-24-18-12-10-8-6-4-2)32-26-20-14-16-22-28-34-38/h33-38H,3-32H2,1-2H3;35-38H,3-34H2,1-2H3. The Bertz CT molecular complexity index is 869. The summed E-state index contributed by atoms with van der Waals surface area (Å²) in [6.07, 6.45) is 80.2. The first-order valence-corrected chi connectivity index (χ1v) is 36.0. The molecule has 0 radical (unpaired) electrons. The Hall–Kier alpha value is -0.160. The Balaban J connectivity index is 0.00000148. The van der Waals surface area contributed by atoms with Gasteiger partial charge in [0.15, 0.2) is 0 Å². The van der Waals surface area contributed by atoms with Gasteiger partial charge in [0, 0.05) is 26.4 Å². The highest BCUT2D eigenvalue weighted by atomic mass is 16.3. The van der Waals surface area contributed by atoms with Crippen LogP contribution in [-0.2, 0) is 0 Å². The summed E-state index contributed by atoms with van der Waals surface area (Å²) in [5.41, 5.74) is 0. The van der Waals surface area contributed by atoms with E-state index in [1.54, 1.807) is 12.8 Å². The van der Waals surface area contributed by atoms with Crippen molar-refractivity contribution in [2.45, 2.75) is 400 Å². The SMILES string of the molecule is CCCCCCCC1CC(CCCCCCCCO)C(CCCCCCCCO)CC1CCCCCCC.CCCCCCCCCC(CCCCCCCCO)C(CCCCCCCCC)CCCCCCCCO. The van der Waals surface area contributed by atoms with Crippen molar-refractivity contribution in [1.82, 2.24) is 0 Å². The van der Waals surface area contributed by atoms with Crippen molar-refractivity contribution < 1.29 is 20.4 Å². The highest BCUT2D eigenvalue weighted by molar-refractivity contribution is 4.86. The van der Waals surface area contributed by atoms with Crippen LogP contribution in [0, 0.1) is 35.5 Å². The molecular formula is C72H146O4. The summed E-state index contributed by atoms with van der Waals surface area (Å²) in [5, 5.41) is 36.2. The van der Waals surface area contributed by atoms with Gasteiger partial charge in [-0.15, -0.1) is 0 Å². The topological polar surface area (TPSA) is 80.9 Å². The van der Waals surface area contributed by atoms with Crippen LogP contribution in [0.2, 0.25) is 0 Å². The van der Waals surface area contributed by atoms with Gasteiger partial charge in [0.2, 0.25) is 0 Å². The monoisotopic (exact) mass is 1080 g/mol. The van der Waals surface area contributed by atoms with Gasteiger partial charge in [-0.05, 0) is 74.0 Å². The number of aliphatic hydroxyl groups is 4. The third kappa shape index (κ3) is 50.8. The Kier molecular flexibility index (Phi) is 63.9. The third-order valence-corrected chi connectivity index (χ3v) is 18.9. The van der Waals surface area contributed by atoms with Crippen LogP contribution < -0.4 is 0 Å². The van der Waals surface area contributed by atoms with E-state index in [0.29, 0.717) is 26.4 Å². The minimum absolute atomic E-state index is 0.363. The highest BCUT2D eigenvalue weighted by Gasteiger charge is 2.35. The van der Waals surface area contributed by atoms with Crippen LogP contribution >= 0.6 is 0 Å². The van der Waals surface area contributed by atoms with E-state index in [9.17, 15) is 0 Å². The summed E-state index contributed by atoms with van der Waals surface area (Å²) in [7, 11) is 0. The molecule has 0 aromatic carbocycles.